The molecule has 1 saturated heterocycles. The first-order chi connectivity index (χ1) is 14.5. The van der Waals surface area contributed by atoms with E-state index in [9.17, 15) is 9.90 Å². The van der Waals surface area contributed by atoms with Crippen LogP contribution in [-0.4, -0.2) is 70.1 Å². The highest BCUT2D eigenvalue weighted by molar-refractivity contribution is 5.94. The van der Waals surface area contributed by atoms with Gasteiger partial charge >= 0.3 is 0 Å². The quantitative estimate of drug-likeness (QED) is 0.678. The van der Waals surface area contributed by atoms with Crippen LogP contribution in [0.25, 0.3) is 5.65 Å². The van der Waals surface area contributed by atoms with Gasteiger partial charge in [0.05, 0.1) is 25.0 Å². The molecular weight excluding hydrogens is 380 g/mol. The normalized spacial score (nSPS) is 15.7. The summed E-state index contributed by atoms with van der Waals surface area (Å²) >= 11 is 0. The van der Waals surface area contributed by atoms with Crippen molar-refractivity contribution < 1.29 is 14.6 Å². The van der Waals surface area contributed by atoms with Crippen molar-refractivity contribution in [3.63, 3.8) is 0 Å². The Labute approximate surface area is 176 Å². The highest BCUT2D eigenvalue weighted by Gasteiger charge is 2.26. The van der Waals surface area contributed by atoms with Crippen molar-refractivity contribution in [1.29, 1.82) is 0 Å². The predicted octanol–water partition coefficient (Wildman–Crippen LogP) is 2.28. The van der Waals surface area contributed by atoms with Crippen LogP contribution in [0.4, 0.5) is 0 Å². The van der Waals surface area contributed by atoms with Crippen LogP contribution in [-0.2, 0) is 11.3 Å². The molecule has 0 unspecified atom stereocenters. The number of hydrogen-bond donors (Lipinski definition) is 1. The zero-order valence-electron chi connectivity index (χ0n) is 17.5. The number of morpholine rings is 1. The molecule has 1 N–H and O–H groups in total. The number of aryl methyl sites for hydroxylation is 1. The number of rotatable bonds is 6. The number of carbonyl (C=O) groups excluding carboxylic acids is 1. The summed E-state index contributed by atoms with van der Waals surface area (Å²) in [4.78, 5) is 21.8. The van der Waals surface area contributed by atoms with Gasteiger partial charge in [0.15, 0.2) is 5.69 Å². The van der Waals surface area contributed by atoms with Gasteiger partial charge in [0.1, 0.15) is 5.65 Å². The number of amides is 1. The number of fused-ring (bicyclic) bond motifs is 1. The first-order valence-corrected chi connectivity index (χ1v) is 10.3. The van der Waals surface area contributed by atoms with E-state index in [4.69, 9.17) is 9.72 Å². The molecule has 0 saturated carbocycles. The SMILES string of the molecule is Cc1cccn2c(CN(C)C[C@@H](O)c3ccccc3)c(C(=O)N3CCOCC3)nc12. The second kappa shape index (κ2) is 8.95. The van der Waals surface area contributed by atoms with E-state index in [-0.39, 0.29) is 5.91 Å². The molecule has 2 aromatic heterocycles. The van der Waals surface area contributed by atoms with E-state index in [0.29, 0.717) is 45.1 Å². The van der Waals surface area contributed by atoms with Gasteiger partial charge in [-0.25, -0.2) is 4.98 Å². The molecule has 1 atom stereocenters. The van der Waals surface area contributed by atoms with E-state index in [1.54, 1.807) is 0 Å². The maximum Gasteiger partial charge on any atom is 0.274 e. The van der Waals surface area contributed by atoms with Gasteiger partial charge in [-0.3, -0.25) is 9.69 Å². The van der Waals surface area contributed by atoms with Crippen molar-refractivity contribution in [1.82, 2.24) is 19.2 Å². The van der Waals surface area contributed by atoms with Crippen LogP contribution >= 0.6 is 0 Å². The Morgan fingerprint density at radius 1 is 1.20 bits per heavy atom. The first-order valence-electron chi connectivity index (χ1n) is 10.3. The number of aliphatic hydroxyl groups excluding tert-OH is 1. The second-order valence-electron chi connectivity index (χ2n) is 7.82. The minimum Gasteiger partial charge on any atom is -0.387 e. The molecule has 7 heteroatoms. The van der Waals surface area contributed by atoms with E-state index in [0.717, 1.165) is 22.5 Å². The van der Waals surface area contributed by atoms with Gasteiger partial charge in [-0.1, -0.05) is 36.4 Å². The van der Waals surface area contributed by atoms with Gasteiger partial charge < -0.3 is 19.1 Å². The average molecular weight is 409 g/mol. The van der Waals surface area contributed by atoms with Gasteiger partial charge in [0.2, 0.25) is 0 Å². The Kier molecular flexibility index (Phi) is 6.13. The largest absolute Gasteiger partial charge is 0.387 e. The molecule has 1 aliphatic rings. The van der Waals surface area contributed by atoms with Crippen molar-refractivity contribution in [2.75, 3.05) is 39.9 Å². The number of aliphatic hydroxyl groups is 1. The molecule has 30 heavy (non-hydrogen) atoms. The van der Waals surface area contributed by atoms with Crippen LogP contribution in [0.3, 0.4) is 0 Å². The lowest BCUT2D eigenvalue weighted by Gasteiger charge is -2.27. The zero-order valence-corrected chi connectivity index (χ0v) is 17.5. The minimum atomic E-state index is -0.601. The lowest BCUT2D eigenvalue weighted by atomic mass is 10.1. The smallest absolute Gasteiger partial charge is 0.274 e. The van der Waals surface area contributed by atoms with Gasteiger partial charge in [-0.2, -0.15) is 0 Å². The molecular formula is C23H28N4O3. The number of likely N-dealkylation sites (N-methyl/N-ethyl adjacent to an activating group) is 1. The van der Waals surface area contributed by atoms with E-state index < -0.39 is 6.10 Å². The molecule has 1 aliphatic heterocycles. The Morgan fingerprint density at radius 3 is 2.67 bits per heavy atom. The van der Waals surface area contributed by atoms with E-state index in [2.05, 4.69) is 0 Å². The molecule has 158 valence electrons. The van der Waals surface area contributed by atoms with Crippen molar-refractivity contribution >= 4 is 11.6 Å². The Bertz CT molecular complexity index is 1010. The highest BCUT2D eigenvalue weighted by Crippen LogP contribution is 2.21. The Hall–Kier alpha value is -2.74. The van der Waals surface area contributed by atoms with Crippen LogP contribution in [0.2, 0.25) is 0 Å². The van der Waals surface area contributed by atoms with Gasteiger partial charge in [0, 0.05) is 32.4 Å². The number of nitrogens with zero attached hydrogens (tertiary/aromatic N) is 4. The molecule has 0 bridgehead atoms. The molecule has 3 heterocycles. The molecule has 1 aromatic carbocycles. The summed E-state index contributed by atoms with van der Waals surface area (Å²) in [5.74, 6) is -0.0617. The maximum absolute atomic E-state index is 13.3. The molecule has 7 nitrogen and oxygen atoms in total. The fraction of sp³-hybridized carbons (Fsp3) is 0.391. The van der Waals surface area contributed by atoms with Gasteiger partial charge in [0.25, 0.3) is 5.91 Å². The van der Waals surface area contributed by atoms with E-state index in [1.165, 1.54) is 0 Å². The Morgan fingerprint density at radius 2 is 1.93 bits per heavy atom. The van der Waals surface area contributed by atoms with Crippen LogP contribution < -0.4 is 0 Å². The zero-order chi connectivity index (χ0) is 21.1. The number of pyridine rings is 1. The summed E-state index contributed by atoms with van der Waals surface area (Å²) in [5.41, 5.74) is 4.01. The number of carbonyl (C=O) groups is 1. The molecule has 0 aliphatic carbocycles. The summed E-state index contributed by atoms with van der Waals surface area (Å²) < 4.78 is 7.38. The molecule has 0 spiro atoms. The number of hydrogen-bond acceptors (Lipinski definition) is 5. The van der Waals surface area contributed by atoms with Crippen LogP contribution in [0.15, 0.2) is 48.7 Å². The average Bonchev–Trinajstić information content (AvgIpc) is 3.14. The number of imidazole rings is 1. The summed E-state index contributed by atoms with van der Waals surface area (Å²) in [7, 11) is 1.95. The standard InChI is InChI=1S/C23H28N4O3/c1-17-7-6-10-27-19(15-25(2)16-20(28)18-8-4-3-5-9-18)21(24-22(17)27)23(29)26-11-13-30-14-12-26/h3-10,20,28H,11-16H2,1-2H3/t20-/m1/s1. The molecule has 4 rings (SSSR count). The number of aromatic nitrogens is 2. The van der Waals surface area contributed by atoms with Crippen molar-refractivity contribution in [2.45, 2.75) is 19.6 Å². The predicted molar refractivity (Wildman–Crippen MR) is 114 cm³/mol. The maximum atomic E-state index is 13.3. The third-order valence-corrected chi connectivity index (χ3v) is 5.53. The van der Waals surface area contributed by atoms with Crippen molar-refractivity contribution in [3.05, 3.63) is 71.2 Å². The van der Waals surface area contributed by atoms with Crippen molar-refractivity contribution in [2.24, 2.45) is 0 Å². The molecule has 1 amide bonds. The fourth-order valence-corrected chi connectivity index (χ4v) is 3.89. The second-order valence-corrected chi connectivity index (χ2v) is 7.82. The molecule has 0 radical (unpaired) electrons. The highest BCUT2D eigenvalue weighted by atomic mass is 16.5. The molecule has 1 fully saturated rings. The van der Waals surface area contributed by atoms with Crippen LogP contribution in [0.1, 0.15) is 33.4 Å². The molecule has 3 aromatic rings. The first kappa shape index (κ1) is 20.5. The third-order valence-electron chi connectivity index (χ3n) is 5.53. The fourth-order valence-electron chi connectivity index (χ4n) is 3.89. The van der Waals surface area contributed by atoms with E-state index >= 15 is 0 Å². The lowest BCUT2D eigenvalue weighted by Crippen LogP contribution is -2.41. The van der Waals surface area contributed by atoms with Gasteiger partial charge in [-0.15, -0.1) is 0 Å². The monoisotopic (exact) mass is 408 g/mol. The van der Waals surface area contributed by atoms with Crippen LogP contribution in [0, 0.1) is 6.92 Å². The summed E-state index contributed by atoms with van der Waals surface area (Å²) in [6.07, 6.45) is 1.35. The van der Waals surface area contributed by atoms with E-state index in [1.807, 2.05) is 76.8 Å². The van der Waals surface area contributed by atoms with Gasteiger partial charge in [-0.05, 0) is 31.2 Å². The number of ether oxygens (including phenoxy) is 1. The topological polar surface area (TPSA) is 70.3 Å². The summed E-state index contributed by atoms with van der Waals surface area (Å²) in [5, 5.41) is 10.6. The van der Waals surface area contributed by atoms with Crippen LogP contribution in [0.5, 0.6) is 0 Å². The Balaban J connectivity index is 1.61. The summed E-state index contributed by atoms with van der Waals surface area (Å²) in [6.45, 7) is 5.21. The van der Waals surface area contributed by atoms with Crippen molar-refractivity contribution in [3.8, 4) is 0 Å². The lowest BCUT2D eigenvalue weighted by molar-refractivity contribution is 0.0298. The number of benzene rings is 1. The third kappa shape index (κ3) is 4.23. The minimum absolute atomic E-state index is 0.0617. The summed E-state index contributed by atoms with van der Waals surface area (Å²) in [6, 6.07) is 13.6.